The molecule has 2 aromatic rings. The molecule has 0 bridgehead atoms. The smallest absolute Gasteiger partial charge is 0.195 e. The highest BCUT2D eigenvalue weighted by Gasteiger charge is 2.25. The first-order chi connectivity index (χ1) is 12.1. The van der Waals surface area contributed by atoms with Crippen LogP contribution in [0.4, 0.5) is 0 Å². The van der Waals surface area contributed by atoms with E-state index in [2.05, 4.69) is 84.7 Å². The summed E-state index contributed by atoms with van der Waals surface area (Å²) in [7, 11) is 8.20. The van der Waals surface area contributed by atoms with Crippen LogP contribution in [0.15, 0.2) is 46.8 Å². The van der Waals surface area contributed by atoms with E-state index in [1.54, 1.807) is 4.88 Å². The molecule has 0 saturated carbocycles. The molecule has 3 rings (SSSR count). The second-order valence-electron chi connectivity index (χ2n) is 6.95. The Kier molecular flexibility index (Phi) is 5.76. The molecule has 0 radical (unpaired) electrons. The lowest BCUT2D eigenvalue weighted by molar-refractivity contribution is 0.185. The maximum atomic E-state index is 4.95. The lowest BCUT2D eigenvalue weighted by Crippen LogP contribution is -2.38. The van der Waals surface area contributed by atoms with Crippen molar-refractivity contribution in [3.63, 3.8) is 0 Å². The van der Waals surface area contributed by atoms with Crippen molar-refractivity contribution in [2.75, 3.05) is 41.3 Å². The van der Waals surface area contributed by atoms with Gasteiger partial charge in [-0.15, -0.1) is 11.3 Å². The first-order valence-electron chi connectivity index (χ1n) is 8.79. The lowest BCUT2D eigenvalue weighted by Gasteiger charge is -2.34. The molecule has 0 fully saturated rings. The van der Waals surface area contributed by atoms with Crippen LogP contribution in [0.5, 0.6) is 0 Å². The van der Waals surface area contributed by atoms with Gasteiger partial charge in [-0.05, 0) is 29.0 Å². The van der Waals surface area contributed by atoms with Crippen LogP contribution in [-0.2, 0) is 13.0 Å². The number of benzene rings is 1. The van der Waals surface area contributed by atoms with Gasteiger partial charge in [0.2, 0.25) is 0 Å². The number of thiophene rings is 1. The molecule has 4 nitrogen and oxygen atoms in total. The minimum Gasteiger partial charge on any atom is -0.349 e. The molecule has 1 unspecified atom stereocenters. The van der Waals surface area contributed by atoms with Crippen LogP contribution in [0.3, 0.4) is 0 Å². The van der Waals surface area contributed by atoms with Crippen molar-refractivity contribution < 1.29 is 0 Å². The quantitative estimate of drug-likeness (QED) is 0.620. The van der Waals surface area contributed by atoms with Crippen molar-refractivity contribution in [2.45, 2.75) is 19.0 Å². The predicted octanol–water partition coefficient (Wildman–Crippen LogP) is 3.33. The summed E-state index contributed by atoms with van der Waals surface area (Å²) in [6.07, 6.45) is 1.15. The van der Waals surface area contributed by atoms with Gasteiger partial charge in [-0.2, -0.15) is 0 Å². The number of hydrogen-bond donors (Lipinski definition) is 0. The molecule has 0 saturated heterocycles. The highest BCUT2D eigenvalue weighted by atomic mass is 32.1. The molecule has 0 N–H and O–H groups in total. The molecule has 1 aromatic heterocycles. The molecule has 134 valence electrons. The molecule has 2 heterocycles. The van der Waals surface area contributed by atoms with Gasteiger partial charge >= 0.3 is 0 Å². The monoisotopic (exact) mass is 356 g/mol. The zero-order valence-electron chi connectivity index (χ0n) is 15.6. The van der Waals surface area contributed by atoms with Crippen molar-refractivity contribution in [3.05, 3.63) is 57.8 Å². The summed E-state index contributed by atoms with van der Waals surface area (Å²) in [5, 5.41) is 2.22. The van der Waals surface area contributed by atoms with Gasteiger partial charge in [0, 0.05) is 46.2 Å². The van der Waals surface area contributed by atoms with E-state index >= 15 is 0 Å². The number of rotatable bonds is 4. The molecule has 0 spiro atoms. The zero-order valence-corrected chi connectivity index (χ0v) is 16.5. The first kappa shape index (κ1) is 18.0. The molecule has 5 heteroatoms. The summed E-state index contributed by atoms with van der Waals surface area (Å²) < 4.78 is 0. The molecule has 0 aliphatic carbocycles. The largest absolute Gasteiger partial charge is 0.349 e. The van der Waals surface area contributed by atoms with Crippen molar-refractivity contribution in [2.24, 2.45) is 4.99 Å². The number of guanidine groups is 1. The summed E-state index contributed by atoms with van der Waals surface area (Å²) in [4.78, 5) is 13.2. The van der Waals surface area contributed by atoms with E-state index in [1.807, 2.05) is 11.3 Å². The van der Waals surface area contributed by atoms with Crippen LogP contribution in [0.25, 0.3) is 0 Å². The Morgan fingerprint density at radius 1 is 1.12 bits per heavy atom. The summed E-state index contributed by atoms with van der Waals surface area (Å²) in [6, 6.07) is 13.4. The molecule has 25 heavy (non-hydrogen) atoms. The summed E-state index contributed by atoms with van der Waals surface area (Å²) >= 11 is 1.89. The number of fused-ring (bicyclic) bond motifs is 1. The van der Waals surface area contributed by atoms with E-state index in [0.29, 0.717) is 6.04 Å². The minimum atomic E-state index is 0.309. The van der Waals surface area contributed by atoms with Crippen molar-refractivity contribution in [1.82, 2.24) is 14.7 Å². The van der Waals surface area contributed by atoms with Crippen LogP contribution >= 0.6 is 11.3 Å². The fraction of sp³-hybridized carbons (Fsp3) is 0.450. The van der Waals surface area contributed by atoms with Gasteiger partial charge < -0.3 is 9.80 Å². The Labute approximate surface area is 155 Å². The Balaban J connectivity index is 1.85. The van der Waals surface area contributed by atoms with E-state index < -0.39 is 0 Å². The third-order valence-corrected chi connectivity index (χ3v) is 5.69. The Morgan fingerprint density at radius 2 is 1.84 bits per heavy atom. The second kappa shape index (κ2) is 8.02. The molecular weight excluding hydrogens is 328 g/mol. The number of aliphatic imine (C=N–C) groups is 1. The molecular formula is C20H28N4S. The second-order valence-corrected chi connectivity index (χ2v) is 7.95. The highest BCUT2D eigenvalue weighted by molar-refractivity contribution is 7.10. The van der Waals surface area contributed by atoms with E-state index in [-0.39, 0.29) is 0 Å². The summed E-state index contributed by atoms with van der Waals surface area (Å²) in [5.41, 5.74) is 2.84. The van der Waals surface area contributed by atoms with Gasteiger partial charge in [0.25, 0.3) is 0 Å². The van der Waals surface area contributed by atoms with E-state index in [4.69, 9.17) is 4.99 Å². The Hall–Kier alpha value is -1.85. The maximum Gasteiger partial charge on any atom is 0.195 e. The fourth-order valence-corrected chi connectivity index (χ4v) is 4.38. The summed E-state index contributed by atoms with van der Waals surface area (Å²) in [6.45, 7) is 2.89. The Bertz CT molecular complexity index is 695. The standard InChI is InChI=1S/C20H28N4S/c1-22(2)20(23(3)4)21-14-18(16-8-6-5-7-9-16)24-12-10-19-17(15-24)11-13-25-19/h5-9,11,13,18H,10,12,14-15H2,1-4H3. The van der Waals surface area contributed by atoms with Crippen LogP contribution < -0.4 is 0 Å². The molecule has 1 aromatic carbocycles. The van der Waals surface area contributed by atoms with Gasteiger partial charge in [0.15, 0.2) is 5.96 Å². The topological polar surface area (TPSA) is 22.1 Å². The van der Waals surface area contributed by atoms with E-state index in [1.165, 1.54) is 11.1 Å². The average Bonchev–Trinajstić information content (AvgIpc) is 3.06. The highest BCUT2D eigenvalue weighted by Crippen LogP contribution is 2.30. The molecule has 1 aliphatic heterocycles. The van der Waals surface area contributed by atoms with Crippen molar-refractivity contribution in [1.29, 1.82) is 0 Å². The molecule has 1 atom stereocenters. The van der Waals surface area contributed by atoms with Crippen LogP contribution in [-0.4, -0.2) is 61.9 Å². The van der Waals surface area contributed by atoms with Gasteiger partial charge in [-0.1, -0.05) is 30.3 Å². The minimum absolute atomic E-state index is 0.309. The first-order valence-corrected chi connectivity index (χ1v) is 9.67. The normalized spacial score (nSPS) is 15.4. The third-order valence-electron chi connectivity index (χ3n) is 4.67. The van der Waals surface area contributed by atoms with Crippen molar-refractivity contribution in [3.8, 4) is 0 Å². The van der Waals surface area contributed by atoms with E-state index in [9.17, 15) is 0 Å². The number of hydrogen-bond acceptors (Lipinski definition) is 3. The predicted molar refractivity (Wildman–Crippen MR) is 107 cm³/mol. The van der Waals surface area contributed by atoms with Gasteiger partial charge in [-0.25, -0.2) is 0 Å². The van der Waals surface area contributed by atoms with Crippen molar-refractivity contribution >= 4 is 17.3 Å². The SMILES string of the molecule is CN(C)C(=NCC(c1ccccc1)N1CCc2sccc2C1)N(C)C. The maximum absolute atomic E-state index is 4.95. The lowest BCUT2D eigenvalue weighted by atomic mass is 10.0. The summed E-state index contributed by atoms with van der Waals surface area (Å²) in [5.74, 6) is 1.01. The third kappa shape index (κ3) is 4.22. The zero-order chi connectivity index (χ0) is 17.8. The van der Waals surface area contributed by atoms with Crippen LogP contribution in [0, 0.1) is 0 Å². The van der Waals surface area contributed by atoms with Gasteiger partial charge in [-0.3, -0.25) is 9.89 Å². The number of nitrogens with zero attached hydrogens (tertiary/aromatic N) is 4. The van der Waals surface area contributed by atoms with Gasteiger partial charge in [0.05, 0.1) is 12.6 Å². The van der Waals surface area contributed by atoms with Gasteiger partial charge in [0.1, 0.15) is 0 Å². The molecule has 1 aliphatic rings. The van der Waals surface area contributed by atoms with Crippen LogP contribution in [0.2, 0.25) is 0 Å². The van der Waals surface area contributed by atoms with E-state index in [0.717, 1.165) is 32.0 Å². The fourth-order valence-electron chi connectivity index (χ4n) is 3.49. The molecule has 0 amide bonds. The Morgan fingerprint density at radius 3 is 2.52 bits per heavy atom. The van der Waals surface area contributed by atoms with Crippen LogP contribution in [0.1, 0.15) is 22.0 Å². The average molecular weight is 357 g/mol.